The first-order valence-corrected chi connectivity index (χ1v) is 12.2. The molecule has 158 valence electrons. The fraction of sp³-hybridized carbons (Fsp3) is 0.381. The van der Waals surface area contributed by atoms with Crippen molar-refractivity contribution >= 4 is 39.3 Å². The smallest absolute Gasteiger partial charge is 0.243 e. The number of carbonyl (C=O) groups is 1. The summed E-state index contributed by atoms with van der Waals surface area (Å²) in [5.74, 6) is -0.109. The molecule has 2 unspecified atom stereocenters. The molecule has 0 aliphatic rings. The van der Waals surface area contributed by atoms with Crippen LogP contribution in [0.25, 0.3) is 0 Å². The van der Waals surface area contributed by atoms with Crippen LogP contribution < -0.4 is 5.32 Å². The van der Waals surface area contributed by atoms with Crippen LogP contribution in [-0.2, 0) is 14.8 Å². The zero-order valence-corrected chi connectivity index (χ0v) is 19.4. The van der Waals surface area contributed by atoms with E-state index in [4.69, 9.17) is 11.6 Å². The maximum atomic E-state index is 12.6. The standard InChI is InChI=1S/C21H27ClN2O3S2/c1-5-24(6-2)29(26,27)18-13-11-17(12-14-18)15(3)23-21(25)16(4)28-20-10-8-7-9-19(20)22/h7-16H,5-6H2,1-4H3,(H,23,25). The van der Waals surface area contributed by atoms with Gasteiger partial charge in [-0.2, -0.15) is 4.31 Å². The van der Waals surface area contributed by atoms with Gasteiger partial charge in [-0.25, -0.2) is 8.42 Å². The Morgan fingerprint density at radius 1 is 1.07 bits per heavy atom. The zero-order chi connectivity index (χ0) is 21.6. The molecule has 2 rings (SSSR count). The minimum atomic E-state index is -3.49. The molecular weight excluding hydrogens is 428 g/mol. The van der Waals surface area contributed by atoms with Crippen LogP contribution >= 0.6 is 23.4 Å². The van der Waals surface area contributed by atoms with Gasteiger partial charge in [0, 0.05) is 18.0 Å². The molecule has 0 saturated heterocycles. The summed E-state index contributed by atoms with van der Waals surface area (Å²) in [6.07, 6.45) is 0. The van der Waals surface area contributed by atoms with Crippen molar-refractivity contribution < 1.29 is 13.2 Å². The SMILES string of the molecule is CCN(CC)S(=O)(=O)c1ccc(C(C)NC(=O)C(C)Sc2ccccc2Cl)cc1. The topological polar surface area (TPSA) is 66.5 Å². The van der Waals surface area contributed by atoms with Crippen LogP contribution in [0.2, 0.25) is 5.02 Å². The Bertz CT molecular complexity index is 929. The van der Waals surface area contributed by atoms with Crippen LogP contribution in [0.4, 0.5) is 0 Å². The summed E-state index contributed by atoms with van der Waals surface area (Å²) < 4.78 is 26.6. The average Bonchev–Trinajstić information content (AvgIpc) is 2.70. The van der Waals surface area contributed by atoms with E-state index in [1.54, 1.807) is 30.3 Å². The lowest BCUT2D eigenvalue weighted by Gasteiger charge is -2.20. The van der Waals surface area contributed by atoms with E-state index < -0.39 is 10.0 Å². The Balaban J connectivity index is 2.04. The molecule has 2 aromatic carbocycles. The Kier molecular flexibility index (Phi) is 8.58. The van der Waals surface area contributed by atoms with Crippen molar-refractivity contribution in [3.8, 4) is 0 Å². The summed E-state index contributed by atoms with van der Waals surface area (Å²) in [6, 6.07) is 13.8. The summed E-state index contributed by atoms with van der Waals surface area (Å²) in [5, 5.41) is 3.28. The summed E-state index contributed by atoms with van der Waals surface area (Å²) in [4.78, 5) is 13.7. The molecule has 0 radical (unpaired) electrons. The van der Waals surface area contributed by atoms with Crippen molar-refractivity contribution in [3.05, 3.63) is 59.1 Å². The number of benzene rings is 2. The summed E-state index contributed by atoms with van der Waals surface area (Å²) in [5.41, 5.74) is 0.840. The van der Waals surface area contributed by atoms with Crippen molar-refractivity contribution in [2.24, 2.45) is 0 Å². The fourth-order valence-electron chi connectivity index (χ4n) is 2.84. The molecule has 0 saturated carbocycles. The van der Waals surface area contributed by atoms with Crippen LogP contribution in [0.15, 0.2) is 58.3 Å². The van der Waals surface area contributed by atoms with Gasteiger partial charge >= 0.3 is 0 Å². The Labute approximate surface area is 182 Å². The maximum Gasteiger partial charge on any atom is 0.243 e. The quantitative estimate of drug-likeness (QED) is 0.556. The molecule has 0 aliphatic heterocycles. The molecule has 1 amide bonds. The fourth-order valence-corrected chi connectivity index (χ4v) is 5.46. The average molecular weight is 455 g/mol. The summed E-state index contributed by atoms with van der Waals surface area (Å²) >= 11 is 7.56. The lowest BCUT2D eigenvalue weighted by Crippen LogP contribution is -2.33. The van der Waals surface area contributed by atoms with Gasteiger partial charge in [-0.15, -0.1) is 11.8 Å². The number of carbonyl (C=O) groups excluding carboxylic acids is 1. The lowest BCUT2D eigenvalue weighted by molar-refractivity contribution is -0.120. The Hall–Kier alpha value is -1.54. The predicted molar refractivity (Wildman–Crippen MR) is 120 cm³/mol. The minimum Gasteiger partial charge on any atom is -0.349 e. The van der Waals surface area contributed by atoms with E-state index >= 15 is 0 Å². The van der Waals surface area contributed by atoms with E-state index in [0.29, 0.717) is 18.1 Å². The van der Waals surface area contributed by atoms with Gasteiger partial charge in [0.05, 0.1) is 21.2 Å². The van der Waals surface area contributed by atoms with E-state index in [1.807, 2.05) is 45.9 Å². The predicted octanol–water partition coefficient (Wildman–Crippen LogP) is 4.73. The number of hydrogen-bond acceptors (Lipinski definition) is 4. The molecule has 0 aliphatic carbocycles. The highest BCUT2D eigenvalue weighted by atomic mass is 35.5. The van der Waals surface area contributed by atoms with Gasteiger partial charge in [-0.1, -0.05) is 49.7 Å². The number of nitrogens with one attached hydrogen (secondary N) is 1. The van der Waals surface area contributed by atoms with Crippen LogP contribution in [0, 0.1) is 0 Å². The third kappa shape index (κ3) is 5.98. The first-order valence-electron chi connectivity index (χ1n) is 9.52. The molecular formula is C21H27ClN2O3S2. The first-order chi connectivity index (χ1) is 13.7. The molecule has 0 fully saturated rings. The van der Waals surface area contributed by atoms with Crippen LogP contribution in [-0.4, -0.2) is 37.0 Å². The van der Waals surface area contributed by atoms with Crippen molar-refractivity contribution in [1.29, 1.82) is 0 Å². The van der Waals surface area contributed by atoms with Gasteiger partial charge in [0.25, 0.3) is 0 Å². The van der Waals surface area contributed by atoms with Crippen LogP contribution in [0.1, 0.15) is 39.3 Å². The molecule has 8 heteroatoms. The molecule has 0 bridgehead atoms. The molecule has 2 atom stereocenters. The van der Waals surface area contributed by atoms with Gasteiger partial charge < -0.3 is 5.32 Å². The van der Waals surface area contributed by atoms with E-state index in [0.717, 1.165) is 10.5 Å². The summed E-state index contributed by atoms with van der Waals surface area (Å²) in [7, 11) is -3.49. The summed E-state index contributed by atoms with van der Waals surface area (Å²) in [6.45, 7) is 8.18. The molecule has 0 spiro atoms. The van der Waals surface area contributed by atoms with E-state index in [-0.39, 0.29) is 22.1 Å². The Morgan fingerprint density at radius 3 is 2.21 bits per heavy atom. The Morgan fingerprint density at radius 2 is 1.66 bits per heavy atom. The third-order valence-electron chi connectivity index (χ3n) is 4.59. The molecule has 0 heterocycles. The van der Waals surface area contributed by atoms with Crippen molar-refractivity contribution in [2.45, 2.75) is 48.8 Å². The second-order valence-electron chi connectivity index (χ2n) is 6.58. The number of nitrogens with zero attached hydrogens (tertiary/aromatic N) is 1. The molecule has 0 aromatic heterocycles. The van der Waals surface area contributed by atoms with Crippen molar-refractivity contribution in [2.75, 3.05) is 13.1 Å². The van der Waals surface area contributed by atoms with Gasteiger partial charge in [-0.3, -0.25) is 4.79 Å². The number of sulfonamides is 1. The monoisotopic (exact) mass is 454 g/mol. The van der Waals surface area contributed by atoms with Crippen molar-refractivity contribution in [1.82, 2.24) is 9.62 Å². The van der Waals surface area contributed by atoms with Gasteiger partial charge in [0.2, 0.25) is 15.9 Å². The molecule has 29 heavy (non-hydrogen) atoms. The molecule has 5 nitrogen and oxygen atoms in total. The minimum absolute atomic E-state index is 0.109. The van der Waals surface area contributed by atoms with Gasteiger partial charge in [-0.05, 0) is 43.7 Å². The zero-order valence-electron chi connectivity index (χ0n) is 17.1. The number of hydrogen-bond donors (Lipinski definition) is 1. The van der Waals surface area contributed by atoms with Crippen molar-refractivity contribution in [3.63, 3.8) is 0 Å². The first kappa shape index (κ1) is 23.7. The van der Waals surface area contributed by atoms with E-state index in [9.17, 15) is 13.2 Å². The van der Waals surface area contributed by atoms with Crippen LogP contribution in [0.5, 0.6) is 0 Å². The molecule has 1 N–H and O–H groups in total. The highest BCUT2D eigenvalue weighted by Gasteiger charge is 2.22. The number of rotatable bonds is 9. The van der Waals surface area contributed by atoms with Gasteiger partial charge in [0.1, 0.15) is 0 Å². The second kappa shape index (κ2) is 10.5. The third-order valence-corrected chi connectivity index (χ3v) is 8.27. The maximum absolute atomic E-state index is 12.6. The highest BCUT2D eigenvalue weighted by Crippen LogP contribution is 2.30. The van der Waals surface area contributed by atoms with Crippen LogP contribution in [0.3, 0.4) is 0 Å². The molecule has 2 aromatic rings. The van der Waals surface area contributed by atoms with E-state index in [1.165, 1.54) is 16.1 Å². The number of thioether (sulfide) groups is 1. The van der Waals surface area contributed by atoms with Gasteiger partial charge in [0.15, 0.2) is 0 Å². The lowest BCUT2D eigenvalue weighted by atomic mass is 10.1. The number of amides is 1. The number of halogens is 1. The second-order valence-corrected chi connectivity index (χ2v) is 10.3. The highest BCUT2D eigenvalue weighted by molar-refractivity contribution is 8.00. The van der Waals surface area contributed by atoms with E-state index in [2.05, 4.69) is 5.32 Å². The normalized spacial score (nSPS) is 13.9. The largest absolute Gasteiger partial charge is 0.349 e.